The molecule has 1 rings (SSSR count). The van der Waals surface area contributed by atoms with Crippen molar-refractivity contribution in [3.63, 3.8) is 0 Å². The van der Waals surface area contributed by atoms with Crippen molar-refractivity contribution in [1.82, 2.24) is 15.3 Å². The smallest absolute Gasteiger partial charge is 0.154 e. The van der Waals surface area contributed by atoms with Gasteiger partial charge in [-0.2, -0.15) is 0 Å². The highest BCUT2D eigenvalue weighted by molar-refractivity contribution is 5.09. The summed E-state index contributed by atoms with van der Waals surface area (Å²) in [4.78, 5) is 8.56. The molecule has 0 aliphatic carbocycles. The molecule has 1 aromatic rings. The topological polar surface area (TPSA) is 47.0 Å². The summed E-state index contributed by atoms with van der Waals surface area (Å²) in [6, 6.07) is 1.97. The number of nitrogens with one attached hydrogen (secondary N) is 1. The second-order valence-corrected chi connectivity index (χ2v) is 2.88. The van der Waals surface area contributed by atoms with Gasteiger partial charge in [-0.05, 0) is 20.0 Å². The average Bonchev–Trinajstić information content (AvgIpc) is 2.04. The fourth-order valence-electron chi connectivity index (χ4n) is 1.17. The van der Waals surface area contributed by atoms with Crippen LogP contribution >= 0.6 is 0 Å². The van der Waals surface area contributed by atoms with Crippen LogP contribution in [0.25, 0.3) is 0 Å². The molecule has 1 aromatic heterocycles. The summed E-state index contributed by atoms with van der Waals surface area (Å²) in [5.74, 6) is 0.743. The third-order valence-corrected chi connectivity index (χ3v) is 1.58. The molecular weight excluding hydrogens is 166 g/mol. The molecule has 0 radical (unpaired) electrons. The molecule has 0 unspecified atom stereocenters. The zero-order valence-electron chi connectivity index (χ0n) is 8.29. The first-order chi connectivity index (χ1) is 6.26. The van der Waals surface area contributed by atoms with Crippen molar-refractivity contribution < 1.29 is 4.74 Å². The van der Waals surface area contributed by atoms with E-state index in [0.29, 0.717) is 6.61 Å². The van der Waals surface area contributed by atoms with E-state index in [1.807, 2.05) is 20.0 Å². The van der Waals surface area contributed by atoms with Crippen LogP contribution < -0.4 is 5.32 Å². The first kappa shape index (κ1) is 10.1. The molecule has 0 amide bonds. The Morgan fingerprint density at radius 3 is 2.85 bits per heavy atom. The van der Waals surface area contributed by atoms with E-state index in [4.69, 9.17) is 4.74 Å². The number of aromatic nitrogens is 2. The quantitative estimate of drug-likeness (QED) is 0.741. The van der Waals surface area contributed by atoms with Gasteiger partial charge in [0.2, 0.25) is 0 Å². The average molecular weight is 181 g/mol. The predicted molar refractivity (Wildman–Crippen MR) is 50.2 cm³/mol. The van der Waals surface area contributed by atoms with E-state index in [2.05, 4.69) is 15.3 Å². The van der Waals surface area contributed by atoms with Crippen LogP contribution in [0.15, 0.2) is 6.07 Å². The molecular formula is C9H15N3O. The maximum Gasteiger partial charge on any atom is 0.154 e. The third-order valence-electron chi connectivity index (χ3n) is 1.58. The van der Waals surface area contributed by atoms with Crippen LogP contribution in [0.3, 0.4) is 0 Å². The third kappa shape index (κ3) is 3.08. The lowest BCUT2D eigenvalue weighted by molar-refractivity contribution is 0.177. The minimum absolute atomic E-state index is 0.471. The summed E-state index contributed by atoms with van der Waals surface area (Å²) in [6.45, 7) is 3.19. The summed E-state index contributed by atoms with van der Waals surface area (Å²) in [5.41, 5.74) is 1.98. The highest BCUT2D eigenvalue weighted by Gasteiger charge is 2.00. The molecule has 4 heteroatoms. The molecule has 1 heterocycles. The van der Waals surface area contributed by atoms with Gasteiger partial charge < -0.3 is 10.1 Å². The molecule has 0 atom stereocenters. The second kappa shape index (κ2) is 4.89. The summed E-state index contributed by atoms with van der Waals surface area (Å²) in [6.07, 6.45) is 0. The molecule has 0 aliphatic heterocycles. The number of methoxy groups -OCH3 is 1. The van der Waals surface area contributed by atoms with Gasteiger partial charge in [0.05, 0.1) is 5.69 Å². The number of rotatable bonds is 4. The minimum atomic E-state index is 0.471. The second-order valence-electron chi connectivity index (χ2n) is 2.88. The van der Waals surface area contributed by atoms with Crippen LogP contribution in [0.2, 0.25) is 0 Å². The fourth-order valence-corrected chi connectivity index (χ4v) is 1.17. The van der Waals surface area contributed by atoms with Gasteiger partial charge in [-0.25, -0.2) is 9.97 Å². The molecule has 0 spiro atoms. The molecule has 0 saturated heterocycles. The Kier molecular flexibility index (Phi) is 3.79. The van der Waals surface area contributed by atoms with E-state index in [1.54, 1.807) is 7.11 Å². The van der Waals surface area contributed by atoms with E-state index < -0.39 is 0 Å². The van der Waals surface area contributed by atoms with Crippen LogP contribution in [-0.4, -0.2) is 24.1 Å². The lowest BCUT2D eigenvalue weighted by atomic mass is 10.3. The Labute approximate surface area is 78.4 Å². The van der Waals surface area contributed by atoms with E-state index in [-0.39, 0.29) is 0 Å². The van der Waals surface area contributed by atoms with Gasteiger partial charge in [0.15, 0.2) is 5.82 Å². The maximum atomic E-state index is 4.97. The molecule has 0 aromatic carbocycles. The van der Waals surface area contributed by atoms with Crippen LogP contribution in [0, 0.1) is 6.92 Å². The molecule has 0 fully saturated rings. The molecule has 72 valence electrons. The normalized spacial score (nSPS) is 10.4. The number of hydrogen-bond donors (Lipinski definition) is 1. The summed E-state index contributed by atoms with van der Waals surface area (Å²) < 4.78 is 4.97. The van der Waals surface area contributed by atoms with E-state index in [9.17, 15) is 0 Å². The largest absolute Gasteiger partial charge is 0.377 e. The Morgan fingerprint density at radius 2 is 2.23 bits per heavy atom. The Hall–Kier alpha value is -1.00. The van der Waals surface area contributed by atoms with Gasteiger partial charge in [0.25, 0.3) is 0 Å². The maximum absolute atomic E-state index is 4.97. The Bertz CT molecular complexity index is 251. The number of nitrogens with zero attached hydrogens (tertiary/aromatic N) is 2. The zero-order valence-corrected chi connectivity index (χ0v) is 8.29. The Balaban J connectivity index is 2.83. The lowest BCUT2D eigenvalue weighted by Gasteiger charge is -2.04. The van der Waals surface area contributed by atoms with E-state index in [1.165, 1.54) is 0 Å². The van der Waals surface area contributed by atoms with Gasteiger partial charge in [-0.15, -0.1) is 0 Å². The van der Waals surface area contributed by atoms with Crippen molar-refractivity contribution in [2.45, 2.75) is 20.1 Å². The van der Waals surface area contributed by atoms with E-state index in [0.717, 1.165) is 23.8 Å². The summed E-state index contributed by atoms with van der Waals surface area (Å²) in [7, 11) is 3.54. The van der Waals surface area contributed by atoms with Crippen molar-refractivity contribution in [2.75, 3.05) is 14.2 Å². The molecule has 4 nitrogen and oxygen atoms in total. The number of aryl methyl sites for hydroxylation is 1. The molecule has 0 aliphatic rings. The predicted octanol–water partition coefficient (Wildman–Crippen LogP) is 0.651. The minimum Gasteiger partial charge on any atom is -0.377 e. The highest BCUT2D eigenvalue weighted by atomic mass is 16.5. The standard InChI is InChI=1S/C9H15N3O/c1-7-4-8(5-10-2)12-9(11-7)6-13-3/h4,10H,5-6H2,1-3H3. The van der Waals surface area contributed by atoms with Gasteiger partial charge in [-0.1, -0.05) is 0 Å². The van der Waals surface area contributed by atoms with Crippen molar-refractivity contribution >= 4 is 0 Å². The van der Waals surface area contributed by atoms with Crippen molar-refractivity contribution in [3.05, 3.63) is 23.3 Å². The van der Waals surface area contributed by atoms with Gasteiger partial charge in [-0.3, -0.25) is 0 Å². The SMILES string of the molecule is CNCc1cc(C)nc(COC)n1. The first-order valence-corrected chi connectivity index (χ1v) is 4.23. The van der Waals surface area contributed by atoms with Crippen LogP contribution in [0.4, 0.5) is 0 Å². The van der Waals surface area contributed by atoms with E-state index >= 15 is 0 Å². The van der Waals surface area contributed by atoms with Crippen molar-refractivity contribution in [3.8, 4) is 0 Å². The lowest BCUT2D eigenvalue weighted by Crippen LogP contribution is -2.10. The fraction of sp³-hybridized carbons (Fsp3) is 0.556. The molecule has 0 bridgehead atoms. The molecule has 0 saturated carbocycles. The van der Waals surface area contributed by atoms with Crippen LogP contribution in [0.1, 0.15) is 17.2 Å². The first-order valence-electron chi connectivity index (χ1n) is 4.23. The number of ether oxygens (including phenoxy) is 1. The Morgan fingerprint density at radius 1 is 1.46 bits per heavy atom. The number of hydrogen-bond acceptors (Lipinski definition) is 4. The molecule has 13 heavy (non-hydrogen) atoms. The van der Waals surface area contributed by atoms with Crippen LogP contribution in [0.5, 0.6) is 0 Å². The van der Waals surface area contributed by atoms with Crippen molar-refractivity contribution in [1.29, 1.82) is 0 Å². The molecule has 1 N–H and O–H groups in total. The summed E-state index contributed by atoms with van der Waals surface area (Å²) in [5, 5.41) is 3.05. The zero-order chi connectivity index (χ0) is 9.68. The van der Waals surface area contributed by atoms with Gasteiger partial charge in [0.1, 0.15) is 6.61 Å². The van der Waals surface area contributed by atoms with Crippen molar-refractivity contribution in [2.24, 2.45) is 0 Å². The van der Waals surface area contributed by atoms with Gasteiger partial charge >= 0.3 is 0 Å². The van der Waals surface area contributed by atoms with Gasteiger partial charge in [0, 0.05) is 19.3 Å². The monoisotopic (exact) mass is 181 g/mol. The highest BCUT2D eigenvalue weighted by Crippen LogP contribution is 2.01. The summed E-state index contributed by atoms with van der Waals surface area (Å²) >= 11 is 0. The van der Waals surface area contributed by atoms with Crippen LogP contribution in [-0.2, 0) is 17.9 Å².